The maximum Gasteiger partial charge on any atom is 0.158 e. The molecule has 1 aromatic heterocycles. The fraction of sp³-hybridized carbons (Fsp3) is 0.692. The van der Waals surface area contributed by atoms with Gasteiger partial charge < -0.3 is 20.5 Å². The molecule has 1 aliphatic carbocycles. The first-order valence-corrected chi connectivity index (χ1v) is 6.75. The molecule has 19 heavy (non-hydrogen) atoms. The van der Waals surface area contributed by atoms with Crippen LogP contribution in [0.1, 0.15) is 32.0 Å². The molecule has 1 aromatic rings. The van der Waals surface area contributed by atoms with Crippen LogP contribution in [0.25, 0.3) is 0 Å². The second-order valence-corrected chi connectivity index (χ2v) is 4.87. The molecule has 1 aliphatic rings. The summed E-state index contributed by atoms with van der Waals surface area (Å²) in [6, 6.07) is 1.83. The van der Waals surface area contributed by atoms with E-state index >= 15 is 0 Å². The molecule has 0 unspecified atom stereocenters. The second-order valence-electron chi connectivity index (χ2n) is 4.87. The maximum atomic E-state index is 10.1. The van der Waals surface area contributed by atoms with Gasteiger partial charge in [0.2, 0.25) is 0 Å². The Morgan fingerprint density at radius 3 is 2.68 bits per heavy atom. The summed E-state index contributed by atoms with van der Waals surface area (Å²) in [7, 11) is 1.82. The first-order valence-electron chi connectivity index (χ1n) is 6.75. The zero-order valence-electron chi connectivity index (χ0n) is 11.6. The van der Waals surface area contributed by atoms with Crippen LogP contribution >= 0.6 is 0 Å². The van der Waals surface area contributed by atoms with E-state index in [0.717, 1.165) is 30.9 Å². The smallest absolute Gasteiger partial charge is 0.158 e. The predicted molar refractivity (Wildman–Crippen MR) is 74.2 cm³/mol. The molecule has 0 spiro atoms. The van der Waals surface area contributed by atoms with Gasteiger partial charge in [-0.2, -0.15) is 0 Å². The zero-order chi connectivity index (χ0) is 13.7. The lowest BCUT2D eigenvalue weighted by Crippen LogP contribution is -2.43. The minimum atomic E-state index is -0.565. The third kappa shape index (κ3) is 3.78. The van der Waals surface area contributed by atoms with Gasteiger partial charge in [-0.15, -0.1) is 0 Å². The van der Waals surface area contributed by atoms with E-state index in [1.165, 1.54) is 0 Å². The van der Waals surface area contributed by atoms with Gasteiger partial charge >= 0.3 is 0 Å². The van der Waals surface area contributed by atoms with Gasteiger partial charge in [-0.05, 0) is 26.2 Å². The van der Waals surface area contributed by atoms with E-state index in [1.54, 1.807) is 0 Å². The van der Waals surface area contributed by atoms with Gasteiger partial charge in [0.1, 0.15) is 18.2 Å². The van der Waals surface area contributed by atoms with E-state index < -0.39 is 5.60 Å². The summed E-state index contributed by atoms with van der Waals surface area (Å²) in [5.41, 5.74) is -0.565. The Bertz CT molecular complexity index is 421. The Labute approximate surface area is 113 Å². The van der Waals surface area contributed by atoms with Crippen molar-refractivity contribution in [1.82, 2.24) is 9.97 Å². The normalized spacial score (nSPS) is 16.8. The SMILES string of the molecule is CCOCc1nc(NC)cc(NCC2(O)CCC2)n1. The third-order valence-corrected chi connectivity index (χ3v) is 3.35. The largest absolute Gasteiger partial charge is 0.388 e. The summed E-state index contributed by atoms with van der Waals surface area (Å²) in [5, 5.41) is 16.2. The summed E-state index contributed by atoms with van der Waals surface area (Å²) in [6.45, 7) is 3.50. The van der Waals surface area contributed by atoms with Gasteiger partial charge in [-0.1, -0.05) is 0 Å². The molecule has 1 fully saturated rings. The van der Waals surface area contributed by atoms with Gasteiger partial charge in [0.15, 0.2) is 5.82 Å². The van der Waals surface area contributed by atoms with Crippen molar-refractivity contribution in [3.63, 3.8) is 0 Å². The number of anilines is 2. The molecule has 0 aliphatic heterocycles. The molecule has 0 amide bonds. The van der Waals surface area contributed by atoms with E-state index in [0.29, 0.717) is 25.6 Å². The molecule has 6 heteroatoms. The van der Waals surface area contributed by atoms with Crippen LogP contribution in [0.4, 0.5) is 11.6 Å². The van der Waals surface area contributed by atoms with Crippen molar-refractivity contribution in [3.05, 3.63) is 11.9 Å². The van der Waals surface area contributed by atoms with E-state index in [-0.39, 0.29) is 0 Å². The lowest BCUT2D eigenvalue weighted by Gasteiger charge is -2.36. The van der Waals surface area contributed by atoms with Crippen LogP contribution in [0.2, 0.25) is 0 Å². The Morgan fingerprint density at radius 1 is 1.37 bits per heavy atom. The fourth-order valence-corrected chi connectivity index (χ4v) is 1.99. The van der Waals surface area contributed by atoms with Gasteiger partial charge in [-0.3, -0.25) is 0 Å². The molecule has 0 saturated heterocycles. The molecular weight excluding hydrogens is 244 g/mol. The lowest BCUT2D eigenvalue weighted by atomic mass is 9.80. The molecule has 2 rings (SSSR count). The summed E-state index contributed by atoms with van der Waals surface area (Å²) in [6.07, 6.45) is 2.81. The minimum absolute atomic E-state index is 0.394. The number of ether oxygens (including phenoxy) is 1. The molecule has 3 N–H and O–H groups in total. The molecule has 106 valence electrons. The Balaban J connectivity index is 2.01. The monoisotopic (exact) mass is 266 g/mol. The van der Waals surface area contributed by atoms with E-state index in [4.69, 9.17) is 4.74 Å². The van der Waals surface area contributed by atoms with E-state index in [2.05, 4.69) is 20.6 Å². The van der Waals surface area contributed by atoms with Crippen LogP contribution in [0.15, 0.2) is 6.07 Å². The number of aromatic nitrogens is 2. The quantitative estimate of drug-likeness (QED) is 0.692. The summed E-state index contributed by atoms with van der Waals surface area (Å²) in [4.78, 5) is 8.70. The highest BCUT2D eigenvalue weighted by atomic mass is 16.5. The van der Waals surface area contributed by atoms with Gasteiger partial charge in [-0.25, -0.2) is 9.97 Å². The molecule has 0 bridgehead atoms. The van der Waals surface area contributed by atoms with Crippen LogP contribution in [-0.2, 0) is 11.3 Å². The number of hydrogen-bond donors (Lipinski definition) is 3. The summed E-state index contributed by atoms with van der Waals surface area (Å²) >= 11 is 0. The average Bonchev–Trinajstić information content (AvgIpc) is 2.40. The standard InChI is InChI=1S/C13H22N4O2/c1-3-19-8-12-16-10(14-2)7-11(17-12)15-9-13(18)5-4-6-13/h7,18H,3-6,8-9H2,1-2H3,(H2,14,15,16,17). The number of nitrogens with one attached hydrogen (secondary N) is 2. The Kier molecular flexibility index (Phi) is 4.55. The molecule has 0 radical (unpaired) electrons. The number of rotatable bonds is 7. The predicted octanol–water partition coefficient (Wildman–Crippen LogP) is 1.38. The van der Waals surface area contributed by atoms with Crippen LogP contribution in [0.3, 0.4) is 0 Å². The average molecular weight is 266 g/mol. The van der Waals surface area contributed by atoms with Crippen LogP contribution in [-0.4, -0.2) is 40.9 Å². The summed E-state index contributed by atoms with van der Waals surface area (Å²) in [5.74, 6) is 2.10. The number of hydrogen-bond acceptors (Lipinski definition) is 6. The molecule has 0 atom stereocenters. The lowest BCUT2D eigenvalue weighted by molar-refractivity contribution is -0.0202. The van der Waals surface area contributed by atoms with Gasteiger partial charge in [0.05, 0.1) is 5.60 Å². The van der Waals surface area contributed by atoms with Crippen LogP contribution in [0.5, 0.6) is 0 Å². The highest BCUT2D eigenvalue weighted by molar-refractivity contribution is 5.47. The third-order valence-electron chi connectivity index (χ3n) is 3.35. The van der Waals surface area contributed by atoms with E-state index in [1.807, 2.05) is 20.0 Å². The highest BCUT2D eigenvalue weighted by Crippen LogP contribution is 2.31. The van der Waals surface area contributed by atoms with Crippen LogP contribution in [0, 0.1) is 0 Å². The summed E-state index contributed by atoms with van der Waals surface area (Å²) < 4.78 is 5.32. The van der Waals surface area contributed by atoms with Crippen molar-refractivity contribution in [3.8, 4) is 0 Å². The van der Waals surface area contributed by atoms with Crippen molar-refractivity contribution in [2.75, 3.05) is 30.8 Å². The molecule has 1 saturated carbocycles. The van der Waals surface area contributed by atoms with Crippen molar-refractivity contribution >= 4 is 11.6 Å². The van der Waals surface area contributed by atoms with Crippen LogP contribution < -0.4 is 10.6 Å². The molecule has 0 aromatic carbocycles. The Hall–Kier alpha value is -1.40. The van der Waals surface area contributed by atoms with Gasteiger partial charge in [0, 0.05) is 26.3 Å². The number of nitrogens with zero attached hydrogens (tertiary/aromatic N) is 2. The first-order chi connectivity index (χ1) is 9.15. The molecule has 1 heterocycles. The zero-order valence-corrected chi connectivity index (χ0v) is 11.6. The highest BCUT2D eigenvalue weighted by Gasteiger charge is 2.34. The first kappa shape index (κ1) is 14.0. The Morgan fingerprint density at radius 2 is 2.11 bits per heavy atom. The second kappa shape index (κ2) is 6.16. The minimum Gasteiger partial charge on any atom is -0.388 e. The molecular formula is C13H22N4O2. The maximum absolute atomic E-state index is 10.1. The van der Waals surface area contributed by atoms with Crippen molar-refractivity contribution < 1.29 is 9.84 Å². The van der Waals surface area contributed by atoms with Crippen molar-refractivity contribution in [2.24, 2.45) is 0 Å². The molecule has 6 nitrogen and oxygen atoms in total. The van der Waals surface area contributed by atoms with Gasteiger partial charge in [0.25, 0.3) is 0 Å². The fourth-order valence-electron chi connectivity index (χ4n) is 1.99. The number of aliphatic hydroxyl groups is 1. The van der Waals surface area contributed by atoms with Crippen molar-refractivity contribution in [2.45, 2.75) is 38.4 Å². The van der Waals surface area contributed by atoms with Crippen molar-refractivity contribution in [1.29, 1.82) is 0 Å². The topological polar surface area (TPSA) is 79.3 Å². The van der Waals surface area contributed by atoms with E-state index in [9.17, 15) is 5.11 Å².